The zero-order chi connectivity index (χ0) is 14.0. The van der Waals surface area contributed by atoms with E-state index >= 15 is 0 Å². The van der Waals surface area contributed by atoms with Crippen molar-refractivity contribution < 1.29 is 0 Å². The Morgan fingerprint density at radius 2 is 1.84 bits per heavy atom. The zero-order valence-electron chi connectivity index (χ0n) is 13.0. The van der Waals surface area contributed by atoms with E-state index in [2.05, 4.69) is 44.9 Å². The van der Waals surface area contributed by atoms with Crippen molar-refractivity contribution in [2.45, 2.75) is 64.7 Å². The maximum absolute atomic E-state index is 4.55. The Labute approximate surface area is 125 Å². The van der Waals surface area contributed by atoms with Crippen LogP contribution in [0, 0.1) is 17.3 Å². The molecular weight excluding hydrogens is 250 g/mol. The molecule has 2 aliphatic rings. The van der Waals surface area contributed by atoms with E-state index in [0.717, 1.165) is 5.92 Å². The molecule has 0 N–H and O–H groups in total. The van der Waals surface area contributed by atoms with Crippen molar-refractivity contribution in [1.29, 1.82) is 0 Å². The zero-order valence-corrected chi connectivity index (χ0v) is 13.9. The van der Waals surface area contributed by atoms with Gasteiger partial charge in [-0.2, -0.15) is 12.6 Å². The number of thiol groups is 1. The fourth-order valence-corrected chi connectivity index (χ4v) is 4.06. The summed E-state index contributed by atoms with van der Waals surface area (Å²) < 4.78 is 0. The molecule has 0 aromatic rings. The van der Waals surface area contributed by atoms with Crippen molar-refractivity contribution in [3.63, 3.8) is 0 Å². The number of likely N-dealkylation sites (tertiary alicyclic amines) is 1. The second-order valence-corrected chi connectivity index (χ2v) is 8.04. The molecular formula is C17H31NS. The SMILES string of the molecule is C=C(CCC1CC2(CCN(C(C)S)CC2)C1)C(C)C. The Kier molecular flexibility index (Phi) is 5.05. The Hall–Kier alpha value is 0.0500. The molecule has 2 fully saturated rings. The highest BCUT2D eigenvalue weighted by Gasteiger charge is 2.45. The molecule has 1 spiro atoms. The lowest BCUT2D eigenvalue weighted by molar-refractivity contribution is -0.0172. The first kappa shape index (κ1) is 15.4. The van der Waals surface area contributed by atoms with Gasteiger partial charge in [0.25, 0.3) is 0 Å². The summed E-state index contributed by atoms with van der Waals surface area (Å²) in [5.74, 6) is 1.64. The van der Waals surface area contributed by atoms with Gasteiger partial charge in [-0.1, -0.05) is 26.0 Å². The molecule has 0 amide bonds. The molecule has 1 heterocycles. The molecule has 0 radical (unpaired) electrons. The van der Waals surface area contributed by atoms with Gasteiger partial charge in [-0.25, -0.2) is 0 Å². The molecule has 1 atom stereocenters. The van der Waals surface area contributed by atoms with Gasteiger partial charge in [-0.15, -0.1) is 0 Å². The lowest BCUT2D eigenvalue weighted by atomic mass is 9.56. The normalized spacial score (nSPS) is 25.5. The van der Waals surface area contributed by atoms with Crippen molar-refractivity contribution in [3.05, 3.63) is 12.2 Å². The summed E-state index contributed by atoms with van der Waals surface area (Å²) in [5, 5.41) is 0.433. The predicted molar refractivity (Wildman–Crippen MR) is 87.6 cm³/mol. The van der Waals surface area contributed by atoms with E-state index in [1.165, 1.54) is 57.2 Å². The van der Waals surface area contributed by atoms with E-state index < -0.39 is 0 Å². The predicted octanol–water partition coefficient (Wildman–Crippen LogP) is 4.75. The number of piperidine rings is 1. The van der Waals surface area contributed by atoms with Crippen LogP contribution in [0.2, 0.25) is 0 Å². The van der Waals surface area contributed by atoms with Crippen LogP contribution < -0.4 is 0 Å². The molecule has 1 nitrogen and oxygen atoms in total. The Balaban J connectivity index is 1.67. The molecule has 1 unspecified atom stereocenters. The van der Waals surface area contributed by atoms with Gasteiger partial charge in [0.15, 0.2) is 0 Å². The number of hydrogen-bond donors (Lipinski definition) is 1. The maximum Gasteiger partial charge on any atom is 0.0499 e. The number of nitrogens with zero attached hydrogens (tertiary/aromatic N) is 1. The molecule has 0 aromatic heterocycles. The van der Waals surface area contributed by atoms with Gasteiger partial charge < -0.3 is 0 Å². The average molecular weight is 282 g/mol. The number of rotatable bonds is 5. The van der Waals surface area contributed by atoms with Crippen LogP contribution in [0.3, 0.4) is 0 Å². The standard InChI is InChI=1S/C17H31NS/c1-13(2)14(3)5-6-16-11-17(12-16)7-9-18(10-8-17)15(4)19/h13,15-16,19H,3,5-12H2,1-2,4H3. The van der Waals surface area contributed by atoms with Crippen molar-refractivity contribution in [2.75, 3.05) is 13.1 Å². The van der Waals surface area contributed by atoms with E-state index in [4.69, 9.17) is 0 Å². The van der Waals surface area contributed by atoms with E-state index in [0.29, 0.717) is 16.7 Å². The third-order valence-corrected chi connectivity index (χ3v) is 5.85. The largest absolute Gasteiger partial charge is 0.292 e. The first-order chi connectivity index (χ1) is 8.92. The fourth-order valence-electron chi connectivity index (χ4n) is 3.83. The first-order valence-corrected chi connectivity index (χ1v) is 8.53. The van der Waals surface area contributed by atoms with Gasteiger partial charge in [0.1, 0.15) is 0 Å². The summed E-state index contributed by atoms with van der Waals surface area (Å²) in [7, 11) is 0. The minimum Gasteiger partial charge on any atom is -0.292 e. The molecule has 0 aromatic carbocycles. The monoisotopic (exact) mass is 281 g/mol. The second-order valence-electron chi connectivity index (χ2n) is 7.29. The number of hydrogen-bond acceptors (Lipinski definition) is 2. The highest BCUT2D eigenvalue weighted by atomic mass is 32.1. The summed E-state index contributed by atoms with van der Waals surface area (Å²) in [6.45, 7) is 13.4. The smallest absolute Gasteiger partial charge is 0.0499 e. The molecule has 19 heavy (non-hydrogen) atoms. The van der Waals surface area contributed by atoms with Crippen LogP contribution in [0.5, 0.6) is 0 Å². The van der Waals surface area contributed by atoms with Crippen LogP contribution in [0.4, 0.5) is 0 Å². The lowest BCUT2D eigenvalue weighted by Crippen LogP contribution is -2.48. The highest BCUT2D eigenvalue weighted by Crippen LogP contribution is 2.54. The third-order valence-electron chi connectivity index (χ3n) is 5.52. The van der Waals surface area contributed by atoms with Gasteiger partial charge >= 0.3 is 0 Å². The van der Waals surface area contributed by atoms with E-state index in [9.17, 15) is 0 Å². The van der Waals surface area contributed by atoms with Crippen LogP contribution in [0.25, 0.3) is 0 Å². The van der Waals surface area contributed by atoms with Crippen molar-refractivity contribution in [2.24, 2.45) is 17.3 Å². The molecule has 1 aliphatic heterocycles. The summed E-state index contributed by atoms with van der Waals surface area (Å²) in [6, 6.07) is 0. The highest BCUT2D eigenvalue weighted by molar-refractivity contribution is 7.80. The van der Waals surface area contributed by atoms with Crippen LogP contribution in [-0.4, -0.2) is 23.4 Å². The fraction of sp³-hybridized carbons (Fsp3) is 0.882. The molecule has 0 bridgehead atoms. The molecule has 1 saturated carbocycles. The minimum atomic E-state index is 0.433. The quantitative estimate of drug-likeness (QED) is 0.562. The lowest BCUT2D eigenvalue weighted by Gasteiger charge is -2.53. The Morgan fingerprint density at radius 1 is 1.26 bits per heavy atom. The van der Waals surface area contributed by atoms with Crippen molar-refractivity contribution >= 4 is 12.6 Å². The topological polar surface area (TPSA) is 3.24 Å². The molecule has 110 valence electrons. The Morgan fingerprint density at radius 3 is 2.32 bits per heavy atom. The van der Waals surface area contributed by atoms with E-state index in [1.807, 2.05) is 0 Å². The molecule has 2 rings (SSSR count). The third kappa shape index (κ3) is 3.78. The average Bonchev–Trinajstić information content (AvgIpc) is 2.33. The van der Waals surface area contributed by atoms with Gasteiger partial charge in [-0.05, 0) is 75.8 Å². The van der Waals surface area contributed by atoms with Crippen LogP contribution in [-0.2, 0) is 0 Å². The first-order valence-electron chi connectivity index (χ1n) is 8.02. The van der Waals surface area contributed by atoms with Crippen molar-refractivity contribution in [3.8, 4) is 0 Å². The van der Waals surface area contributed by atoms with E-state index in [1.54, 1.807) is 0 Å². The summed E-state index contributed by atoms with van der Waals surface area (Å²) >= 11 is 4.55. The van der Waals surface area contributed by atoms with Gasteiger partial charge in [0.2, 0.25) is 0 Å². The van der Waals surface area contributed by atoms with Gasteiger partial charge in [0.05, 0.1) is 0 Å². The van der Waals surface area contributed by atoms with Crippen LogP contribution in [0.15, 0.2) is 12.2 Å². The molecule has 1 aliphatic carbocycles. The minimum absolute atomic E-state index is 0.433. The second kappa shape index (κ2) is 6.22. The van der Waals surface area contributed by atoms with Crippen molar-refractivity contribution in [1.82, 2.24) is 4.90 Å². The summed E-state index contributed by atoms with van der Waals surface area (Å²) in [4.78, 5) is 2.52. The van der Waals surface area contributed by atoms with Gasteiger partial charge in [-0.3, -0.25) is 4.90 Å². The number of allylic oxidation sites excluding steroid dienone is 1. The summed E-state index contributed by atoms with van der Waals surface area (Å²) in [6.07, 6.45) is 8.39. The van der Waals surface area contributed by atoms with Crippen LogP contribution in [0.1, 0.15) is 59.3 Å². The maximum atomic E-state index is 4.55. The van der Waals surface area contributed by atoms with E-state index in [-0.39, 0.29) is 0 Å². The van der Waals surface area contributed by atoms with Gasteiger partial charge in [0, 0.05) is 5.37 Å². The molecule has 1 saturated heterocycles. The Bertz CT molecular complexity index is 305. The summed E-state index contributed by atoms with van der Waals surface area (Å²) in [5.41, 5.74) is 2.16. The molecule has 2 heteroatoms. The van der Waals surface area contributed by atoms with Crippen LogP contribution >= 0.6 is 12.6 Å².